The third kappa shape index (κ3) is 3.61. The average molecular weight is 391 g/mol. The van der Waals surface area contributed by atoms with Crippen molar-refractivity contribution in [2.24, 2.45) is 0 Å². The van der Waals surface area contributed by atoms with Crippen LogP contribution in [0.5, 0.6) is 0 Å². The van der Waals surface area contributed by atoms with Gasteiger partial charge in [0.1, 0.15) is 11.6 Å². The van der Waals surface area contributed by atoms with E-state index < -0.39 is 0 Å². The lowest BCUT2D eigenvalue weighted by atomic mass is 9.92. The van der Waals surface area contributed by atoms with Crippen LogP contribution in [0.3, 0.4) is 0 Å². The molecule has 3 aromatic heterocycles. The van der Waals surface area contributed by atoms with Gasteiger partial charge in [0.25, 0.3) is 0 Å². The van der Waals surface area contributed by atoms with Crippen LogP contribution in [-0.2, 0) is 17.9 Å². The van der Waals surface area contributed by atoms with Crippen LogP contribution in [0.1, 0.15) is 25.1 Å². The first-order valence-corrected chi connectivity index (χ1v) is 10.2. The highest BCUT2D eigenvalue weighted by atomic mass is 16.2. The largest absolute Gasteiger partial charge is 0.326 e. The van der Waals surface area contributed by atoms with Gasteiger partial charge in [-0.15, -0.1) is 0 Å². The molecule has 4 heterocycles. The van der Waals surface area contributed by atoms with E-state index in [9.17, 15) is 4.79 Å². The molecule has 150 valence electrons. The minimum Gasteiger partial charge on any atom is -0.326 e. The zero-order valence-corrected chi connectivity index (χ0v) is 16.6. The molecule has 1 aliphatic carbocycles. The number of aromatic nitrogens is 4. The summed E-state index contributed by atoms with van der Waals surface area (Å²) in [6.45, 7) is 3.01. The maximum atomic E-state index is 12.4. The summed E-state index contributed by atoms with van der Waals surface area (Å²) in [5.41, 5.74) is 2.89. The van der Waals surface area contributed by atoms with E-state index in [0.717, 1.165) is 47.6 Å². The molecule has 1 amide bonds. The molecule has 29 heavy (non-hydrogen) atoms. The molecule has 0 aromatic carbocycles. The molecule has 1 fully saturated rings. The van der Waals surface area contributed by atoms with E-state index in [-0.39, 0.29) is 5.91 Å². The predicted molar refractivity (Wildman–Crippen MR) is 111 cm³/mol. The number of carbonyl (C=O) groups is 1. The third-order valence-electron chi connectivity index (χ3n) is 5.96. The summed E-state index contributed by atoms with van der Waals surface area (Å²) in [7, 11) is 2.01. The standard InChI is InChI=1S/C21H25N7O/c1-27(16-3-2-4-16)13-21(29)26-19-8-14-7-15(9-23-17(14)10-24-19)18-11-25-20-12-22-5-6-28(18)20/h7-11,16,22H,2-6,12-13H2,1H3,(H,24,26,29). The highest BCUT2D eigenvalue weighted by Crippen LogP contribution is 2.26. The predicted octanol–water partition coefficient (Wildman–Crippen LogP) is 2.02. The summed E-state index contributed by atoms with van der Waals surface area (Å²) in [6, 6.07) is 4.52. The summed E-state index contributed by atoms with van der Waals surface area (Å²) >= 11 is 0. The minimum atomic E-state index is -0.0345. The highest BCUT2D eigenvalue weighted by molar-refractivity contribution is 5.93. The molecule has 0 radical (unpaired) electrons. The highest BCUT2D eigenvalue weighted by Gasteiger charge is 2.23. The van der Waals surface area contributed by atoms with Crippen molar-refractivity contribution >= 4 is 22.6 Å². The zero-order chi connectivity index (χ0) is 19.8. The summed E-state index contributed by atoms with van der Waals surface area (Å²) in [4.78, 5) is 27.9. The van der Waals surface area contributed by atoms with Gasteiger partial charge in [-0.2, -0.15) is 0 Å². The Hall–Kier alpha value is -2.84. The van der Waals surface area contributed by atoms with Gasteiger partial charge in [-0.1, -0.05) is 6.42 Å². The Balaban J connectivity index is 1.36. The average Bonchev–Trinajstić information content (AvgIpc) is 3.10. The fourth-order valence-corrected chi connectivity index (χ4v) is 4.03. The topological polar surface area (TPSA) is 88.0 Å². The van der Waals surface area contributed by atoms with Crippen molar-refractivity contribution in [3.8, 4) is 11.3 Å². The summed E-state index contributed by atoms with van der Waals surface area (Å²) in [5, 5.41) is 7.21. The van der Waals surface area contributed by atoms with Gasteiger partial charge in [-0.05, 0) is 32.0 Å². The minimum absolute atomic E-state index is 0.0345. The van der Waals surface area contributed by atoms with Crippen molar-refractivity contribution in [1.29, 1.82) is 0 Å². The van der Waals surface area contributed by atoms with Crippen LogP contribution in [-0.4, -0.2) is 56.5 Å². The second-order valence-corrected chi connectivity index (χ2v) is 7.92. The Labute approximate surface area is 169 Å². The Bertz CT molecular complexity index is 1060. The number of hydrogen-bond donors (Lipinski definition) is 2. The quantitative estimate of drug-likeness (QED) is 0.692. The first-order valence-electron chi connectivity index (χ1n) is 10.2. The Morgan fingerprint density at radius 3 is 2.97 bits per heavy atom. The summed E-state index contributed by atoms with van der Waals surface area (Å²) in [6.07, 6.45) is 9.10. The number of fused-ring (bicyclic) bond motifs is 2. The molecular weight excluding hydrogens is 366 g/mol. The smallest absolute Gasteiger partial charge is 0.239 e. The van der Waals surface area contributed by atoms with Crippen molar-refractivity contribution in [2.45, 2.75) is 38.4 Å². The Morgan fingerprint density at radius 2 is 2.14 bits per heavy atom. The molecule has 2 N–H and O–H groups in total. The van der Waals surface area contributed by atoms with Crippen LogP contribution in [0.15, 0.2) is 30.7 Å². The third-order valence-corrected chi connectivity index (χ3v) is 5.96. The van der Waals surface area contributed by atoms with Gasteiger partial charge < -0.3 is 15.2 Å². The molecule has 0 bridgehead atoms. The number of hydrogen-bond acceptors (Lipinski definition) is 6. The normalized spacial score (nSPS) is 16.6. The molecule has 3 aromatic rings. The fraction of sp³-hybridized carbons (Fsp3) is 0.429. The number of carbonyl (C=O) groups excluding carboxylic acids is 1. The van der Waals surface area contributed by atoms with Crippen LogP contribution in [0.25, 0.3) is 22.2 Å². The molecule has 5 rings (SSSR count). The van der Waals surface area contributed by atoms with Crippen LogP contribution >= 0.6 is 0 Å². The first-order chi connectivity index (χ1) is 14.2. The van der Waals surface area contributed by atoms with Gasteiger partial charge >= 0.3 is 0 Å². The van der Waals surface area contributed by atoms with Gasteiger partial charge in [0.15, 0.2) is 0 Å². The molecule has 0 atom stereocenters. The number of nitrogens with zero attached hydrogens (tertiary/aromatic N) is 5. The van der Waals surface area contributed by atoms with Crippen LogP contribution in [0.2, 0.25) is 0 Å². The van der Waals surface area contributed by atoms with Crippen LogP contribution < -0.4 is 10.6 Å². The summed E-state index contributed by atoms with van der Waals surface area (Å²) < 4.78 is 2.24. The van der Waals surface area contributed by atoms with Crippen molar-refractivity contribution in [3.63, 3.8) is 0 Å². The lowest BCUT2D eigenvalue weighted by molar-refractivity contribution is -0.117. The lowest BCUT2D eigenvalue weighted by Gasteiger charge is -2.34. The maximum Gasteiger partial charge on any atom is 0.239 e. The zero-order valence-electron chi connectivity index (χ0n) is 16.6. The first kappa shape index (κ1) is 18.2. The van der Waals surface area contributed by atoms with Crippen molar-refractivity contribution in [3.05, 3.63) is 36.5 Å². The molecule has 1 aliphatic heterocycles. The molecule has 0 saturated heterocycles. The molecule has 0 unspecified atom stereocenters. The van der Waals surface area contributed by atoms with Gasteiger partial charge in [0, 0.05) is 36.3 Å². The Kier molecular flexibility index (Phi) is 4.73. The number of imidazole rings is 1. The number of pyridine rings is 2. The van der Waals surface area contributed by atoms with E-state index >= 15 is 0 Å². The molecule has 1 saturated carbocycles. The summed E-state index contributed by atoms with van der Waals surface area (Å²) in [5.74, 6) is 1.57. The van der Waals surface area contributed by atoms with E-state index in [1.165, 1.54) is 19.3 Å². The van der Waals surface area contributed by atoms with Crippen molar-refractivity contribution in [2.75, 3.05) is 25.5 Å². The van der Waals surface area contributed by atoms with Gasteiger partial charge in [-0.3, -0.25) is 14.7 Å². The number of rotatable bonds is 5. The number of nitrogens with one attached hydrogen (secondary N) is 2. The number of anilines is 1. The van der Waals surface area contributed by atoms with Crippen molar-refractivity contribution < 1.29 is 4.79 Å². The maximum absolute atomic E-state index is 12.4. The van der Waals surface area contributed by atoms with Crippen molar-refractivity contribution in [1.82, 2.24) is 29.7 Å². The molecule has 0 spiro atoms. The number of amides is 1. The Morgan fingerprint density at radius 1 is 1.24 bits per heavy atom. The molecule has 2 aliphatic rings. The van der Waals surface area contributed by atoms with E-state index in [0.29, 0.717) is 18.4 Å². The second kappa shape index (κ2) is 7.53. The van der Waals surface area contributed by atoms with E-state index in [2.05, 4.69) is 41.1 Å². The monoisotopic (exact) mass is 391 g/mol. The van der Waals surface area contributed by atoms with Gasteiger partial charge in [0.2, 0.25) is 5.91 Å². The lowest BCUT2D eigenvalue weighted by Crippen LogP contribution is -2.41. The van der Waals surface area contributed by atoms with Gasteiger partial charge in [0.05, 0.1) is 36.7 Å². The number of likely N-dealkylation sites (N-methyl/N-ethyl adjacent to an activating group) is 1. The van der Waals surface area contributed by atoms with E-state index in [1.807, 2.05) is 25.5 Å². The second-order valence-electron chi connectivity index (χ2n) is 7.92. The van der Waals surface area contributed by atoms with Crippen LogP contribution in [0.4, 0.5) is 5.82 Å². The van der Waals surface area contributed by atoms with E-state index in [1.54, 1.807) is 6.20 Å². The van der Waals surface area contributed by atoms with E-state index in [4.69, 9.17) is 0 Å². The molecule has 8 heteroatoms. The molecule has 8 nitrogen and oxygen atoms in total. The SMILES string of the molecule is CN(CC(=O)Nc1cc2cc(-c3cnc4n3CCNC4)cnc2cn1)C1CCC1. The molecular formula is C21H25N7O. The van der Waals surface area contributed by atoms with Gasteiger partial charge in [-0.25, -0.2) is 9.97 Å². The van der Waals surface area contributed by atoms with Crippen LogP contribution in [0, 0.1) is 0 Å². The fourth-order valence-electron chi connectivity index (χ4n) is 4.03.